The van der Waals surface area contributed by atoms with E-state index in [-0.39, 0.29) is 0 Å². The number of aromatic nitrogens is 3. The summed E-state index contributed by atoms with van der Waals surface area (Å²) < 4.78 is 0. The van der Waals surface area contributed by atoms with Crippen molar-refractivity contribution in [3.63, 3.8) is 0 Å². The SMILES string of the molecule is Cc1cccc(Nc2cc(C)nc([C@@H]3CCN(C(C)C)C3)n2)n1. The Balaban J connectivity index is 1.80. The van der Waals surface area contributed by atoms with Gasteiger partial charge in [0.05, 0.1) is 0 Å². The maximum atomic E-state index is 4.75. The molecule has 0 amide bonds. The molecule has 3 heterocycles. The van der Waals surface area contributed by atoms with Crippen LogP contribution in [0.15, 0.2) is 24.3 Å². The van der Waals surface area contributed by atoms with Gasteiger partial charge in [-0.25, -0.2) is 15.0 Å². The topological polar surface area (TPSA) is 53.9 Å². The molecule has 1 saturated heterocycles. The molecule has 5 heteroatoms. The van der Waals surface area contributed by atoms with Gasteiger partial charge >= 0.3 is 0 Å². The van der Waals surface area contributed by atoms with Gasteiger partial charge in [0.15, 0.2) is 0 Å². The molecule has 1 N–H and O–H groups in total. The summed E-state index contributed by atoms with van der Waals surface area (Å²) in [7, 11) is 0. The van der Waals surface area contributed by atoms with Crippen molar-refractivity contribution >= 4 is 11.6 Å². The number of hydrogen-bond donors (Lipinski definition) is 1. The zero-order valence-corrected chi connectivity index (χ0v) is 14.4. The molecule has 1 aliphatic rings. The third-order valence-electron chi connectivity index (χ3n) is 4.33. The number of likely N-dealkylation sites (tertiary alicyclic amines) is 1. The fraction of sp³-hybridized carbons (Fsp3) is 0.500. The molecular weight excluding hydrogens is 286 g/mol. The van der Waals surface area contributed by atoms with Gasteiger partial charge in [0.1, 0.15) is 17.5 Å². The van der Waals surface area contributed by atoms with Gasteiger partial charge in [-0.3, -0.25) is 0 Å². The van der Waals surface area contributed by atoms with Gasteiger partial charge < -0.3 is 10.2 Å². The fourth-order valence-electron chi connectivity index (χ4n) is 3.05. The summed E-state index contributed by atoms with van der Waals surface area (Å²) in [6.45, 7) is 10.7. The maximum Gasteiger partial charge on any atom is 0.135 e. The summed E-state index contributed by atoms with van der Waals surface area (Å²) in [5.74, 6) is 3.02. The number of pyridine rings is 1. The first-order chi connectivity index (χ1) is 11.0. The molecule has 23 heavy (non-hydrogen) atoms. The van der Waals surface area contributed by atoms with Crippen LogP contribution >= 0.6 is 0 Å². The van der Waals surface area contributed by atoms with E-state index >= 15 is 0 Å². The number of nitrogens with zero attached hydrogens (tertiary/aromatic N) is 4. The van der Waals surface area contributed by atoms with Crippen molar-refractivity contribution in [1.82, 2.24) is 19.9 Å². The van der Waals surface area contributed by atoms with E-state index in [4.69, 9.17) is 4.98 Å². The van der Waals surface area contributed by atoms with Crippen molar-refractivity contribution in [2.45, 2.75) is 46.1 Å². The van der Waals surface area contributed by atoms with Crippen molar-refractivity contribution in [2.24, 2.45) is 0 Å². The quantitative estimate of drug-likeness (QED) is 0.937. The summed E-state index contributed by atoms with van der Waals surface area (Å²) in [5, 5.41) is 3.31. The second-order valence-electron chi connectivity index (χ2n) is 6.62. The van der Waals surface area contributed by atoms with Gasteiger partial charge in [-0.15, -0.1) is 0 Å². The van der Waals surface area contributed by atoms with Crippen LogP contribution in [0.2, 0.25) is 0 Å². The third kappa shape index (κ3) is 3.85. The number of hydrogen-bond acceptors (Lipinski definition) is 5. The largest absolute Gasteiger partial charge is 0.325 e. The van der Waals surface area contributed by atoms with Crippen LogP contribution in [-0.4, -0.2) is 39.0 Å². The van der Waals surface area contributed by atoms with Crippen molar-refractivity contribution < 1.29 is 0 Å². The number of nitrogens with one attached hydrogen (secondary N) is 1. The number of rotatable bonds is 4. The molecule has 3 rings (SSSR count). The lowest BCUT2D eigenvalue weighted by Gasteiger charge is -2.20. The molecule has 0 aliphatic carbocycles. The maximum absolute atomic E-state index is 4.75. The smallest absolute Gasteiger partial charge is 0.135 e. The first-order valence-electron chi connectivity index (χ1n) is 8.31. The fourth-order valence-corrected chi connectivity index (χ4v) is 3.05. The Bertz CT molecular complexity index is 683. The van der Waals surface area contributed by atoms with E-state index in [1.54, 1.807) is 0 Å². The van der Waals surface area contributed by atoms with Crippen molar-refractivity contribution in [3.05, 3.63) is 41.5 Å². The standard InChI is InChI=1S/C18H25N5/c1-12(2)23-9-8-15(11-23)18-20-14(4)10-17(22-18)21-16-7-5-6-13(3)19-16/h5-7,10,12,15H,8-9,11H2,1-4H3,(H,19,20,21,22)/t15-/m1/s1. The molecule has 0 radical (unpaired) electrons. The van der Waals surface area contributed by atoms with Gasteiger partial charge in [0.2, 0.25) is 0 Å². The lowest BCUT2D eigenvalue weighted by molar-refractivity contribution is 0.272. The molecule has 1 fully saturated rings. The molecule has 0 saturated carbocycles. The molecule has 1 aliphatic heterocycles. The summed E-state index contributed by atoms with van der Waals surface area (Å²) in [6, 6.07) is 8.50. The monoisotopic (exact) mass is 311 g/mol. The minimum atomic E-state index is 0.420. The van der Waals surface area contributed by atoms with Crippen LogP contribution in [0.4, 0.5) is 11.6 Å². The Labute approximate surface area is 138 Å². The van der Waals surface area contributed by atoms with Crippen LogP contribution in [0, 0.1) is 13.8 Å². The average molecular weight is 311 g/mol. The van der Waals surface area contributed by atoms with E-state index in [2.05, 4.69) is 34.0 Å². The zero-order valence-electron chi connectivity index (χ0n) is 14.4. The highest BCUT2D eigenvalue weighted by molar-refractivity contribution is 5.52. The van der Waals surface area contributed by atoms with E-state index in [0.29, 0.717) is 12.0 Å². The van der Waals surface area contributed by atoms with Gasteiger partial charge in [-0.05, 0) is 52.8 Å². The van der Waals surface area contributed by atoms with Crippen molar-refractivity contribution in [3.8, 4) is 0 Å². The predicted octanol–water partition coefficient (Wildman–Crippen LogP) is 3.43. The summed E-state index contributed by atoms with van der Waals surface area (Å²) in [5.41, 5.74) is 1.98. The van der Waals surface area contributed by atoms with Crippen LogP contribution in [0.1, 0.15) is 43.4 Å². The predicted molar refractivity (Wildman–Crippen MR) is 93.1 cm³/mol. The molecular formula is C18H25N5. The Hall–Kier alpha value is -2.01. The minimum absolute atomic E-state index is 0.420. The van der Waals surface area contributed by atoms with E-state index in [9.17, 15) is 0 Å². The number of aryl methyl sites for hydroxylation is 2. The molecule has 5 nitrogen and oxygen atoms in total. The Morgan fingerprint density at radius 2 is 1.91 bits per heavy atom. The van der Waals surface area contributed by atoms with Crippen LogP contribution in [-0.2, 0) is 0 Å². The number of anilines is 2. The first kappa shape index (κ1) is 15.9. The molecule has 0 bridgehead atoms. The average Bonchev–Trinajstić information content (AvgIpc) is 2.96. The van der Waals surface area contributed by atoms with Gasteiger partial charge in [-0.1, -0.05) is 6.07 Å². The Morgan fingerprint density at radius 1 is 1.09 bits per heavy atom. The summed E-state index contributed by atoms with van der Waals surface area (Å²) in [4.78, 5) is 16.4. The lowest BCUT2D eigenvalue weighted by atomic mass is 10.1. The van der Waals surface area contributed by atoms with Crippen LogP contribution in [0.5, 0.6) is 0 Å². The van der Waals surface area contributed by atoms with Gasteiger partial charge in [-0.2, -0.15) is 0 Å². The molecule has 0 spiro atoms. The van der Waals surface area contributed by atoms with E-state index in [1.165, 1.54) is 0 Å². The summed E-state index contributed by atoms with van der Waals surface area (Å²) in [6.07, 6.45) is 1.13. The van der Waals surface area contributed by atoms with E-state index in [0.717, 1.165) is 48.4 Å². The van der Waals surface area contributed by atoms with Crippen LogP contribution < -0.4 is 5.32 Å². The Morgan fingerprint density at radius 3 is 2.61 bits per heavy atom. The minimum Gasteiger partial charge on any atom is -0.325 e. The highest BCUT2D eigenvalue weighted by Gasteiger charge is 2.27. The highest BCUT2D eigenvalue weighted by Crippen LogP contribution is 2.27. The Kier molecular flexibility index (Phi) is 4.57. The summed E-state index contributed by atoms with van der Waals surface area (Å²) >= 11 is 0. The van der Waals surface area contributed by atoms with Gasteiger partial charge in [0, 0.05) is 36.0 Å². The molecule has 122 valence electrons. The first-order valence-corrected chi connectivity index (χ1v) is 8.31. The van der Waals surface area contributed by atoms with Crippen LogP contribution in [0.25, 0.3) is 0 Å². The molecule has 0 unspecified atom stereocenters. The van der Waals surface area contributed by atoms with Crippen molar-refractivity contribution in [1.29, 1.82) is 0 Å². The molecule has 2 aromatic rings. The van der Waals surface area contributed by atoms with Crippen molar-refractivity contribution in [2.75, 3.05) is 18.4 Å². The van der Waals surface area contributed by atoms with Gasteiger partial charge in [0.25, 0.3) is 0 Å². The third-order valence-corrected chi connectivity index (χ3v) is 4.33. The zero-order chi connectivity index (χ0) is 16.4. The highest BCUT2D eigenvalue weighted by atomic mass is 15.2. The molecule has 1 atom stereocenters. The molecule has 0 aromatic carbocycles. The normalized spacial score (nSPS) is 18.6. The molecule has 2 aromatic heterocycles. The van der Waals surface area contributed by atoms with E-state index < -0.39 is 0 Å². The second-order valence-corrected chi connectivity index (χ2v) is 6.62. The second kappa shape index (κ2) is 6.62. The van der Waals surface area contributed by atoms with E-state index in [1.807, 2.05) is 38.1 Å². The lowest BCUT2D eigenvalue weighted by Crippen LogP contribution is -2.28. The van der Waals surface area contributed by atoms with Crippen LogP contribution in [0.3, 0.4) is 0 Å².